The standard InChI is InChI=1S/C9H16BrNOS/c1-7-8(10)4-3-5-11(7)9(12)6-13-2/h7-8H,3-6H2,1-2H3. The van der Waals surface area contributed by atoms with Gasteiger partial charge in [0, 0.05) is 17.4 Å². The Balaban J connectivity index is 2.52. The molecular weight excluding hydrogens is 250 g/mol. The third-order valence-corrected chi connectivity index (χ3v) is 4.24. The van der Waals surface area contributed by atoms with E-state index in [0.717, 1.165) is 13.0 Å². The second-order valence-corrected chi connectivity index (χ2v) is 5.46. The highest BCUT2D eigenvalue weighted by molar-refractivity contribution is 9.09. The molecule has 0 aromatic heterocycles. The van der Waals surface area contributed by atoms with Crippen LogP contribution in [0, 0.1) is 0 Å². The van der Waals surface area contributed by atoms with Gasteiger partial charge in [0.05, 0.1) is 5.75 Å². The zero-order valence-corrected chi connectivity index (χ0v) is 10.5. The summed E-state index contributed by atoms with van der Waals surface area (Å²) in [5.41, 5.74) is 0. The van der Waals surface area contributed by atoms with Gasteiger partial charge in [-0.3, -0.25) is 4.79 Å². The minimum Gasteiger partial charge on any atom is -0.338 e. The number of thioether (sulfide) groups is 1. The highest BCUT2D eigenvalue weighted by Gasteiger charge is 2.28. The van der Waals surface area contributed by atoms with Gasteiger partial charge in [-0.15, -0.1) is 0 Å². The molecule has 13 heavy (non-hydrogen) atoms. The van der Waals surface area contributed by atoms with Gasteiger partial charge in [-0.1, -0.05) is 15.9 Å². The maximum atomic E-state index is 11.6. The van der Waals surface area contributed by atoms with Gasteiger partial charge < -0.3 is 4.90 Å². The molecule has 76 valence electrons. The molecule has 1 saturated heterocycles. The van der Waals surface area contributed by atoms with Crippen LogP contribution in [0.1, 0.15) is 19.8 Å². The predicted molar refractivity (Wildman–Crippen MR) is 61.5 cm³/mol. The normalized spacial score (nSPS) is 29.0. The second kappa shape index (κ2) is 5.25. The van der Waals surface area contributed by atoms with Gasteiger partial charge in [0.2, 0.25) is 5.91 Å². The molecule has 1 fully saturated rings. The Kier molecular flexibility index (Phi) is 4.59. The molecule has 2 atom stereocenters. The molecule has 0 N–H and O–H groups in total. The monoisotopic (exact) mass is 265 g/mol. The van der Waals surface area contributed by atoms with Crippen LogP contribution in [0.15, 0.2) is 0 Å². The van der Waals surface area contributed by atoms with Gasteiger partial charge in [-0.25, -0.2) is 0 Å². The van der Waals surface area contributed by atoms with E-state index in [0.29, 0.717) is 16.6 Å². The summed E-state index contributed by atoms with van der Waals surface area (Å²) in [5.74, 6) is 0.897. The summed E-state index contributed by atoms with van der Waals surface area (Å²) in [5, 5.41) is 0. The number of hydrogen-bond donors (Lipinski definition) is 0. The smallest absolute Gasteiger partial charge is 0.232 e. The molecule has 2 unspecified atom stereocenters. The second-order valence-electron chi connectivity index (χ2n) is 3.42. The van der Waals surface area contributed by atoms with E-state index in [4.69, 9.17) is 0 Å². The Bertz CT molecular complexity index is 188. The molecule has 0 spiro atoms. The minimum atomic E-state index is 0.282. The number of piperidine rings is 1. The fourth-order valence-electron chi connectivity index (χ4n) is 1.65. The van der Waals surface area contributed by atoms with E-state index in [1.54, 1.807) is 11.8 Å². The molecule has 0 bridgehead atoms. The van der Waals surface area contributed by atoms with Crippen molar-refractivity contribution in [1.82, 2.24) is 4.90 Å². The molecule has 1 aliphatic rings. The molecule has 1 rings (SSSR count). The van der Waals surface area contributed by atoms with E-state index in [-0.39, 0.29) is 5.91 Å². The van der Waals surface area contributed by atoms with Crippen LogP contribution in [-0.4, -0.2) is 40.2 Å². The van der Waals surface area contributed by atoms with Crippen LogP contribution < -0.4 is 0 Å². The number of alkyl halides is 1. The first-order valence-electron chi connectivity index (χ1n) is 4.59. The zero-order valence-electron chi connectivity index (χ0n) is 8.12. The summed E-state index contributed by atoms with van der Waals surface area (Å²) in [6.07, 6.45) is 4.28. The highest BCUT2D eigenvalue weighted by atomic mass is 79.9. The van der Waals surface area contributed by atoms with Crippen LogP contribution in [-0.2, 0) is 4.79 Å². The first kappa shape index (κ1) is 11.4. The number of likely N-dealkylation sites (tertiary alicyclic amines) is 1. The molecule has 4 heteroatoms. The Morgan fingerprint density at radius 2 is 2.38 bits per heavy atom. The van der Waals surface area contributed by atoms with Crippen molar-refractivity contribution in [3.8, 4) is 0 Å². The molecule has 0 aromatic rings. The van der Waals surface area contributed by atoms with Crippen LogP contribution in [0.2, 0.25) is 0 Å². The van der Waals surface area contributed by atoms with Crippen molar-refractivity contribution in [2.24, 2.45) is 0 Å². The largest absolute Gasteiger partial charge is 0.338 e. The summed E-state index contributed by atoms with van der Waals surface area (Å²) >= 11 is 5.21. The van der Waals surface area contributed by atoms with Gasteiger partial charge in [-0.05, 0) is 26.0 Å². The Labute approximate surface area is 92.6 Å². The van der Waals surface area contributed by atoms with Crippen LogP contribution >= 0.6 is 27.7 Å². The Morgan fingerprint density at radius 3 is 3.00 bits per heavy atom. The van der Waals surface area contributed by atoms with Crippen molar-refractivity contribution in [2.75, 3.05) is 18.6 Å². The molecule has 1 aliphatic heterocycles. The quantitative estimate of drug-likeness (QED) is 0.714. The first-order valence-corrected chi connectivity index (χ1v) is 6.90. The molecule has 0 aliphatic carbocycles. The summed E-state index contributed by atoms with van der Waals surface area (Å²) in [7, 11) is 0. The van der Waals surface area contributed by atoms with Crippen LogP contribution in [0.3, 0.4) is 0 Å². The summed E-state index contributed by atoms with van der Waals surface area (Å²) in [4.78, 5) is 14.1. The fourth-order valence-corrected chi connectivity index (χ4v) is 2.68. The van der Waals surface area contributed by atoms with E-state index >= 15 is 0 Å². The molecule has 1 amide bonds. The molecule has 0 radical (unpaired) electrons. The van der Waals surface area contributed by atoms with Crippen LogP contribution in [0.5, 0.6) is 0 Å². The van der Waals surface area contributed by atoms with Crippen molar-refractivity contribution >= 4 is 33.6 Å². The molecule has 0 aromatic carbocycles. The lowest BCUT2D eigenvalue weighted by Gasteiger charge is -2.36. The summed E-state index contributed by atoms with van der Waals surface area (Å²) < 4.78 is 0. The lowest BCUT2D eigenvalue weighted by atomic mass is 10.0. The number of nitrogens with zero attached hydrogens (tertiary/aromatic N) is 1. The number of hydrogen-bond acceptors (Lipinski definition) is 2. The van der Waals surface area contributed by atoms with Gasteiger partial charge in [0.15, 0.2) is 0 Å². The summed E-state index contributed by atoms with van der Waals surface area (Å²) in [6.45, 7) is 3.06. The average molecular weight is 266 g/mol. The topological polar surface area (TPSA) is 20.3 Å². The number of carbonyl (C=O) groups excluding carboxylic acids is 1. The zero-order chi connectivity index (χ0) is 9.84. The maximum Gasteiger partial charge on any atom is 0.232 e. The van der Waals surface area contributed by atoms with Crippen molar-refractivity contribution in [3.05, 3.63) is 0 Å². The van der Waals surface area contributed by atoms with Gasteiger partial charge in [0.1, 0.15) is 0 Å². The lowest BCUT2D eigenvalue weighted by Crippen LogP contribution is -2.48. The van der Waals surface area contributed by atoms with Crippen molar-refractivity contribution < 1.29 is 4.79 Å². The maximum absolute atomic E-state index is 11.6. The SMILES string of the molecule is CSCC(=O)N1CCCC(Br)C1C. The number of rotatable bonds is 2. The molecule has 0 saturated carbocycles. The average Bonchev–Trinajstić information content (AvgIpc) is 2.10. The lowest BCUT2D eigenvalue weighted by molar-refractivity contribution is -0.131. The van der Waals surface area contributed by atoms with E-state index in [9.17, 15) is 4.79 Å². The van der Waals surface area contributed by atoms with Crippen LogP contribution in [0.25, 0.3) is 0 Å². The predicted octanol–water partition coefficient (Wildman–Crippen LogP) is 2.12. The Morgan fingerprint density at radius 1 is 1.69 bits per heavy atom. The van der Waals surface area contributed by atoms with E-state index in [2.05, 4.69) is 22.9 Å². The molecule has 2 nitrogen and oxygen atoms in total. The minimum absolute atomic E-state index is 0.282. The van der Waals surface area contributed by atoms with Crippen molar-refractivity contribution in [3.63, 3.8) is 0 Å². The first-order chi connectivity index (χ1) is 6.16. The van der Waals surface area contributed by atoms with E-state index in [1.165, 1.54) is 6.42 Å². The van der Waals surface area contributed by atoms with Gasteiger partial charge >= 0.3 is 0 Å². The van der Waals surface area contributed by atoms with Gasteiger partial charge in [0.25, 0.3) is 0 Å². The van der Waals surface area contributed by atoms with Crippen molar-refractivity contribution in [2.45, 2.75) is 30.6 Å². The number of carbonyl (C=O) groups is 1. The molecular formula is C9H16BrNOS. The van der Waals surface area contributed by atoms with E-state index < -0.39 is 0 Å². The Hall–Kier alpha value is 0.300. The van der Waals surface area contributed by atoms with Crippen LogP contribution in [0.4, 0.5) is 0 Å². The van der Waals surface area contributed by atoms with E-state index in [1.807, 2.05) is 11.2 Å². The third-order valence-electron chi connectivity index (χ3n) is 2.48. The molecule has 1 heterocycles. The highest BCUT2D eigenvalue weighted by Crippen LogP contribution is 2.23. The van der Waals surface area contributed by atoms with Crippen molar-refractivity contribution in [1.29, 1.82) is 0 Å². The third kappa shape index (κ3) is 2.88. The van der Waals surface area contributed by atoms with Gasteiger partial charge in [-0.2, -0.15) is 11.8 Å². The number of halogens is 1. The summed E-state index contributed by atoms with van der Waals surface area (Å²) in [6, 6.07) is 0.355. The fraction of sp³-hybridized carbons (Fsp3) is 0.889. The number of amides is 1.